The molecule has 0 saturated heterocycles. The maximum Gasteiger partial charge on any atom is 0.124 e. The van der Waals surface area contributed by atoms with Gasteiger partial charge in [0.25, 0.3) is 0 Å². The van der Waals surface area contributed by atoms with E-state index in [1.165, 1.54) is 11.1 Å². The Kier molecular flexibility index (Phi) is 2.63. The van der Waals surface area contributed by atoms with Crippen molar-refractivity contribution in [2.45, 2.75) is 19.8 Å². The first-order valence-corrected chi connectivity index (χ1v) is 4.90. The summed E-state index contributed by atoms with van der Waals surface area (Å²) in [6, 6.07) is 10.4. The zero-order valence-corrected chi connectivity index (χ0v) is 8.23. The molecule has 1 heterocycles. The third kappa shape index (κ3) is 2.22. The highest BCUT2D eigenvalue weighted by atomic mass is 16.5. The molecule has 0 aromatic carbocycles. The molecule has 2 nitrogen and oxygen atoms in total. The van der Waals surface area contributed by atoms with Gasteiger partial charge >= 0.3 is 0 Å². The highest BCUT2D eigenvalue weighted by molar-refractivity contribution is 5.80. The van der Waals surface area contributed by atoms with Crippen LogP contribution in [0.4, 0.5) is 0 Å². The van der Waals surface area contributed by atoms with Crippen LogP contribution in [-0.2, 0) is 6.42 Å². The van der Waals surface area contributed by atoms with Crippen LogP contribution in [0.1, 0.15) is 19.0 Å². The molecular formula is C12H13NO. The van der Waals surface area contributed by atoms with E-state index in [4.69, 9.17) is 0 Å². The van der Waals surface area contributed by atoms with Crippen LogP contribution >= 0.6 is 0 Å². The molecule has 14 heavy (non-hydrogen) atoms. The molecule has 1 aromatic rings. The molecule has 0 spiro atoms. The van der Waals surface area contributed by atoms with Gasteiger partial charge in [0, 0.05) is 6.07 Å². The van der Waals surface area contributed by atoms with Crippen molar-refractivity contribution >= 4 is 0 Å². The third-order valence-electron chi connectivity index (χ3n) is 2.11. The Morgan fingerprint density at radius 3 is 2.36 bits per heavy atom. The minimum absolute atomic E-state index is 1.02. The summed E-state index contributed by atoms with van der Waals surface area (Å²) >= 11 is 0. The second-order valence-corrected chi connectivity index (χ2v) is 3.32. The molecule has 0 saturated carbocycles. The predicted molar refractivity (Wildman–Crippen MR) is 55.9 cm³/mol. The zero-order valence-electron chi connectivity index (χ0n) is 8.23. The van der Waals surface area contributed by atoms with E-state index in [1.54, 1.807) is 6.26 Å². The Labute approximate surface area is 83.5 Å². The number of aromatic nitrogens is 1. The van der Waals surface area contributed by atoms with Gasteiger partial charge in [-0.25, -0.2) is 0 Å². The summed E-state index contributed by atoms with van der Waals surface area (Å²) in [6.07, 6.45) is 3.76. The average Bonchev–Trinajstić information content (AvgIpc) is 2.69. The number of hydrogen-bond donors (Lipinski definition) is 0. The van der Waals surface area contributed by atoms with Crippen molar-refractivity contribution < 1.29 is 4.52 Å². The number of benzene rings is 1. The normalized spacial score (nSPS) is 10.4. The van der Waals surface area contributed by atoms with Gasteiger partial charge in [0.1, 0.15) is 6.26 Å². The van der Waals surface area contributed by atoms with Gasteiger partial charge in [-0.2, -0.15) is 0 Å². The smallest absolute Gasteiger partial charge is 0.124 e. The number of aryl methyl sites for hydroxylation is 1. The fraction of sp³-hybridized carbons (Fsp3) is 0.250. The van der Waals surface area contributed by atoms with Gasteiger partial charge < -0.3 is 4.52 Å². The Hall–Kier alpha value is -1.57. The molecule has 0 aliphatic heterocycles. The fourth-order valence-corrected chi connectivity index (χ4v) is 1.30. The van der Waals surface area contributed by atoms with Gasteiger partial charge in [-0.1, -0.05) is 36.7 Å². The van der Waals surface area contributed by atoms with Crippen LogP contribution in [0.25, 0.3) is 11.1 Å². The van der Waals surface area contributed by atoms with E-state index in [-0.39, 0.29) is 0 Å². The van der Waals surface area contributed by atoms with Crippen molar-refractivity contribution in [1.29, 1.82) is 0 Å². The van der Waals surface area contributed by atoms with Crippen LogP contribution in [0.3, 0.4) is 0 Å². The SMILES string of the molecule is CCCc1ccon1.c1cc2cc-2c1. The lowest BCUT2D eigenvalue weighted by Gasteiger charge is -1.82. The topological polar surface area (TPSA) is 26.0 Å². The highest BCUT2D eigenvalue weighted by Crippen LogP contribution is 2.32. The molecule has 2 aliphatic rings. The molecule has 0 radical (unpaired) electrons. The second kappa shape index (κ2) is 4.09. The Bertz CT molecular complexity index is 375. The molecule has 1 aromatic heterocycles. The van der Waals surface area contributed by atoms with Gasteiger partial charge in [-0.05, 0) is 23.6 Å². The van der Waals surface area contributed by atoms with Crippen molar-refractivity contribution in [3.63, 3.8) is 0 Å². The summed E-state index contributed by atoms with van der Waals surface area (Å²) in [7, 11) is 0. The van der Waals surface area contributed by atoms with Crippen LogP contribution in [0.5, 0.6) is 0 Å². The minimum atomic E-state index is 1.02. The molecule has 2 aliphatic carbocycles. The van der Waals surface area contributed by atoms with E-state index in [9.17, 15) is 0 Å². The van der Waals surface area contributed by atoms with Crippen molar-refractivity contribution in [2.24, 2.45) is 0 Å². The quantitative estimate of drug-likeness (QED) is 0.615. The fourth-order valence-electron chi connectivity index (χ4n) is 1.30. The van der Waals surface area contributed by atoms with Crippen molar-refractivity contribution in [3.8, 4) is 11.1 Å². The van der Waals surface area contributed by atoms with Gasteiger partial charge in [0.05, 0.1) is 5.69 Å². The number of fused-ring (bicyclic) bond motifs is 1. The standard InChI is InChI=1S/C6H9NO.C6H4/c1-2-3-6-4-5-8-7-6;1-2-5-4-6(5)3-1/h4-5H,2-3H2,1H3;1-4H. The van der Waals surface area contributed by atoms with Crippen LogP contribution in [-0.4, -0.2) is 5.16 Å². The number of hydrogen-bond acceptors (Lipinski definition) is 2. The Morgan fingerprint density at radius 1 is 1.21 bits per heavy atom. The lowest BCUT2D eigenvalue weighted by atomic mass is 10.3. The molecule has 0 bridgehead atoms. The first kappa shape index (κ1) is 9.00. The summed E-state index contributed by atoms with van der Waals surface area (Å²) in [5.74, 6) is 0. The highest BCUT2D eigenvalue weighted by Gasteiger charge is 2.06. The molecule has 3 rings (SSSR count). The lowest BCUT2D eigenvalue weighted by molar-refractivity contribution is 0.411. The summed E-state index contributed by atoms with van der Waals surface area (Å²) in [6.45, 7) is 2.12. The van der Waals surface area contributed by atoms with Crippen LogP contribution in [0.15, 0.2) is 41.1 Å². The molecule has 0 atom stereocenters. The van der Waals surface area contributed by atoms with Crippen LogP contribution in [0.2, 0.25) is 0 Å². The van der Waals surface area contributed by atoms with E-state index in [0.29, 0.717) is 0 Å². The Morgan fingerprint density at radius 2 is 2.00 bits per heavy atom. The molecule has 0 unspecified atom stereocenters. The zero-order chi connectivity index (χ0) is 9.80. The first-order chi connectivity index (χ1) is 6.90. The minimum Gasteiger partial charge on any atom is -0.365 e. The maximum atomic E-state index is 4.62. The van der Waals surface area contributed by atoms with E-state index in [1.807, 2.05) is 6.07 Å². The molecule has 0 amide bonds. The first-order valence-electron chi connectivity index (χ1n) is 4.90. The number of nitrogens with zero attached hydrogens (tertiary/aromatic N) is 1. The van der Waals surface area contributed by atoms with Crippen molar-refractivity contribution in [3.05, 3.63) is 42.3 Å². The second-order valence-electron chi connectivity index (χ2n) is 3.32. The summed E-state index contributed by atoms with van der Waals surface area (Å²) in [5.41, 5.74) is 3.90. The summed E-state index contributed by atoms with van der Waals surface area (Å²) in [5, 5.41) is 3.73. The number of rotatable bonds is 2. The third-order valence-corrected chi connectivity index (χ3v) is 2.11. The van der Waals surface area contributed by atoms with Gasteiger partial charge in [0.15, 0.2) is 0 Å². The van der Waals surface area contributed by atoms with Crippen LogP contribution in [0, 0.1) is 0 Å². The van der Waals surface area contributed by atoms with E-state index >= 15 is 0 Å². The van der Waals surface area contributed by atoms with Gasteiger partial charge in [-0.15, -0.1) is 0 Å². The van der Waals surface area contributed by atoms with Crippen molar-refractivity contribution in [2.75, 3.05) is 0 Å². The van der Waals surface area contributed by atoms with E-state index in [2.05, 4.69) is 40.9 Å². The molecular weight excluding hydrogens is 174 g/mol. The van der Waals surface area contributed by atoms with Crippen molar-refractivity contribution in [1.82, 2.24) is 5.16 Å². The predicted octanol–water partition coefficient (Wildman–Crippen LogP) is 3.29. The Balaban J connectivity index is 0.000000110. The largest absolute Gasteiger partial charge is 0.365 e. The summed E-state index contributed by atoms with van der Waals surface area (Å²) in [4.78, 5) is 0. The van der Waals surface area contributed by atoms with Gasteiger partial charge in [-0.3, -0.25) is 0 Å². The lowest BCUT2D eigenvalue weighted by Crippen LogP contribution is -1.78. The maximum absolute atomic E-state index is 4.62. The molecule has 72 valence electrons. The summed E-state index contributed by atoms with van der Waals surface area (Å²) < 4.78 is 4.62. The average molecular weight is 187 g/mol. The van der Waals surface area contributed by atoms with Gasteiger partial charge in [0.2, 0.25) is 0 Å². The van der Waals surface area contributed by atoms with E-state index in [0.717, 1.165) is 18.5 Å². The van der Waals surface area contributed by atoms with E-state index < -0.39 is 0 Å². The van der Waals surface area contributed by atoms with Crippen LogP contribution < -0.4 is 0 Å². The molecule has 0 N–H and O–H groups in total. The molecule has 2 heteroatoms. The molecule has 0 fully saturated rings. The monoisotopic (exact) mass is 187 g/mol.